The maximum absolute atomic E-state index is 13.3. The van der Waals surface area contributed by atoms with E-state index in [1.807, 2.05) is 45.0 Å². The molecular formula is C27H30Cl2N6O4S. The summed E-state index contributed by atoms with van der Waals surface area (Å²) >= 11 is 13.7. The van der Waals surface area contributed by atoms with Gasteiger partial charge in [-0.05, 0) is 57.2 Å². The summed E-state index contributed by atoms with van der Waals surface area (Å²) in [5.74, 6) is -0.791. The molecule has 1 aromatic heterocycles. The highest BCUT2D eigenvalue weighted by atomic mass is 35.5. The second kappa shape index (κ2) is 11.9. The number of nitrogen functional groups attached to an aromatic ring is 1. The van der Waals surface area contributed by atoms with Gasteiger partial charge in [0.25, 0.3) is 0 Å². The summed E-state index contributed by atoms with van der Waals surface area (Å²) in [6.07, 6.45) is -0.294. The van der Waals surface area contributed by atoms with Crippen molar-refractivity contribution >= 4 is 80.3 Å². The number of ether oxygens (including phenoxy) is 1. The molecule has 0 atom stereocenters. The van der Waals surface area contributed by atoms with Gasteiger partial charge in [0.15, 0.2) is 5.13 Å². The Morgan fingerprint density at radius 2 is 1.68 bits per heavy atom. The number of benzene rings is 2. The Hall–Kier alpha value is -3.54. The Balaban J connectivity index is 1.42. The van der Waals surface area contributed by atoms with E-state index in [0.717, 1.165) is 22.7 Å². The van der Waals surface area contributed by atoms with Gasteiger partial charge in [0.2, 0.25) is 11.7 Å². The van der Waals surface area contributed by atoms with E-state index in [4.69, 9.17) is 33.7 Å². The summed E-state index contributed by atoms with van der Waals surface area (Å²) in [5.41, 5.74) is 7.64. The number of halogens is 2. The predicted molar refractivity (Wildman–Crippen MR) is 160 cm³/mol. The monoisotopic (exact) mass is 604 g/mol. The van der Waals surface area contributed by atoms with Crippen LogP contribution in [0.1, 0.15) is 42.9 Å². The van der Waals surface area contributed by atoms with E-state index in [-0.39, 0.29) is 44.0 Å². The quantitative estimate of drug-likeness (QED) is 0.291. The number of piperazine rings is 1. The van der Waals surface area contributed by atoms with Gasteiger partial charge in [-0.3, -0.25) is 9.59 Å². The van der Waals surface area contributed by atoms with E-state index >= 15 is 0 Å². The molecule has 0 unspecified atom stereocenters. The van der Waals surface area contributed by atoms with Crippen LogP contribution < -0.4 is 21.3 Å². The van der Waals surface area contributed by atoms with Gasteiger partial charge in [0.05, 0.1) is 21.3 Å². The Morgan fingerprint density at radius 3 is 2.27 bits per heavy atom. The van der Waals surface area contributed by atoms with Crippen LogP contribution in [-0.4, -0.2) is 59.4 Å². The van der Waals surface area contributed by atoms with E-state index in [0.29, 0.717) is 31.3 Å². The van der Waals surface area contributed by atoms with Crippen molar-refractivity contribution in [1.29, 1.82) is 0 Å². The topological polar surface area (TPSA) is 130 Å². The smallest absolute Gasteiger partial charge is 0.410 e. The fourth-order valence-electron chi connectivity index (χ4n) is 4.06. The first-order valence-corrected chi connectivity index (χ1v) is 14.1. The molecule has 4 rings (SSSR count). The number of carbonyl (C=O) groups excluding carboxylic acids is 3. The lowest BCUT2D eigenvalue weighted by Crippen LogP contribution is -2.50. The van der Waals surface area contributed by atoms with E-state index in [1.54, 1.807) is 4.90 Å². The molecule has 1 aliphatic heterocycles. The van der Waals surface area contributed by atoms with Gasteiger partial charge >= 0.3 is 6.09 Å². The zero-order valence-corrected chi connectivity index (χ0v) is 24.8. The number of hydrogen-bond acceptors (Lipinski definition) is 9. The van der Waals surface area contributed by atoms with Crippen LogP contribution >= 0.6 is 34.5 Å². The zero-order chi connectivity index (χ0) is 29.2. The molecule has 13 heteroatoms. The number of hydrogen-bond donors (Lipinski definition) is 3. The number of nitrogens with one attached hydrogen (secondary N) is 2. The first kappa shape index (κ1) is 29.4. The number of anilines is 5. The molecule has 0 saturated carbocycles. The van der Waals surface area contributed by atoms with E-state index in [1.165, 1.54) is 19.1 Å². The van der Waals surface area contributed by atoms with Gasteiger partial charge in [0.1, 0.15) is 16.3 Å². The van der Waals surface area contributed by atoms with Crippen molar-refractivity contribution in [3.05, 3.63) is 56.9 Å². The highest BCUT2D eigenvalue weighted by Crippen LogP contribution is 2.37. The third-order valence-electron chi connectivity index (χ3n) is 5.90. The Bertz CT molecular complexity index is 1430. The maximum atomic E-state index is 13.3. The number of thiazole rings is 1. The molecule has 2 aromatic carbocycles. The van der Waals surface area contributed by atoms with Gasteiger partial charge in [-0.15, -0.1) is 0 Å². The maximum Gasteiger partial charge on any atom is 0.410 e. The van der Waals surface area contributed by atoms with E-state index < -0.39 is 11.4 Å². The van der Waals surface area contributed by atoms with E-state index in [9.17, 15) is 14.4 Å². The van der Waals surface area contributed by atoms with Crippen molar-refractivity contribution in [3.8, 4) is 0 Å². The zero-order valence-electron chi connectivity index (χ0n) is 22.5. The minimum absolute atomic E-state index is 0.0255. The molecule has 1 saturated heterocycles. The van der Waals surface area contributed by atoms with Crippen molar-refractivity contribution in [2.75, 3.05) is 47.4 Å². The molecule has 1 aliphatic rings. The van der Waals surface area contributed by atoms with Crippen LogP contribution in [0.25, 0.3) is 0 Å². The molecule has 0 spiro atoms. The first-order valence-electron chi connectivity index (χ1n) is 12.5. The van der Waals surface area contributed by atoms with Crippen molar-refractivity contribution in [3.63, 3.8) is 0 Å². The molecule has 40 heavy (non-hydrogen) atoms. The highest BCUT2D eigenvalue weighted by molar-refractivity contribution is 7.18. The number of nitrogens with zero attached hydrogens (tertiary/aromatic N) is 3. The Morgan fingerprint density at radius 1 is 1.02 bits per heavy atom. The van der Waals surface area contributed by atoms with Crippen molar-refractivity contribution in [2.45, 2.75) is 33.3 Å². The number of aromatic nitrogens is 1. The fourth-order valence-corrected chi connectivity index (χ4v) is 5.50. The minimum Gasteiger partial charge on any atom is -0.444 e. The average molecular weight is 606 g/mol. The third kappa shape index (κ3) is 6.96. The number of ketones is 1. The average Bonchev–Trinajstić information content (AvgIpc) is 3.25. The largest absolute Gasteiger partial charge is 0.444 e. The van der Waals surface area contributed by atoms with E-state index in [2.05, 4.69) is 20.5 Å². The summed E-state index contributed by atoms with van der Waals surface area (Å²) in [4.78, 5) is 45.5. The molecule has 212 valence electrons. The summed E-state index contributed by atoms with van der Waals surface area (Å²) in [5, 5.41) is 6.33. The second-order valence-corrected chi connectivity index (χ2v) is 11.9. The standard InChI is InChI=1S/C27H30Cl2N6O4S/c1-15(36)31-19-10-9-18(28)20(21(19)29)22(37)23-24(30)33-25(40-23)32-16-5-7-17(8-6-16)34-11-13-35(14-12-34)26(38)39-27(2,3)4/h5-10H,11-14,30H2,1-4H3,(H,31,36)(H,32,33). The predicted octanol–water partition coefficient (Wildman–Crippen LogP) is 6.02. The van der Waals surface area contributed by atoms with Gasteiger partial charge in [-0.25, -0.2) is 9.78 Å². The first-order chi connectivity index (χ1) is 18.8. The van der Waals surface area contributed by atoms with Crippen LogP contribution in [0.5, 0.6) is 0 Å². The molecule has 0 aliphatic carbocycles. The molecule has 0 radical (unpaired) electrons. The summed E-state index contributed by atoms with van der Waals surface area (Å²) in [6.45, 7) is 9.44. The lowest BCUT2D eigenvalue weighted by molar-refractivity contribution is -0.114. The molecule has 2 amide bonds. The summed E-state index contributed by atoms with van der Waals surface area (Å²) in [6, 6.07) is 10.8. The number of nitrogens with two attached hydrogens (primary N) is 1. The Kier molecular flexibility index (Phi) is 8.77. The normalized spacial score (nSPS) is 13.7. The SMILES string of the molecule is CC(=O)Nc1ccc(Cl)c(C(=O)c2sc(Nc3ccc(N4CCN(C(=O)OC(C)(C)C)CC4)cc3)nc2N)c1Cl. The minimum atomic E-state index is -0.522. The van der Waals surface area contributed by atoms with Crippen LogP contribution in [0, 0.1) is 0 Å². The lowest BCUT2D eigenvalue weighted by Gasteiger charge is -2.36. The molecule has 4 N–H and O–H groups in total. The Labute approximate surface area is 246 Å². The molecular weight excluding hydrogens is 575 g/mol. The van der Waals surface area contributed by atoms with Gasteiger partial charge in [-0.2, -0.15) is 0 Å². The van der Waals surface area contributed by atoms with Gasteiger partial charge in [0, 0.05) is 44.5 Å². The third-order valence-corrected chi connectivity index (χ3v) is 7.60. The summed E-state index contributed by atoms with van der Waals surface area (Å²) < 4.78 is 5.47. The molecule has 1 fully saturated rings. The van der Waals surface area contributed by atoms with Crippen LogP contribution in [0.3, 0.4) is 0 Å². The second-order valence-electron chi connectivity index (χ2n) is 10.2. The van der Waals surface area contributed by atoms with Crippen LogP contribution in [-0.2, 0) is 9.53 Å². The number of rotatable bonds is 6. The van der Waals surface area contributed by atoms with Gasteiger partial charge < -0.3 is 30.9 Å². The van der Waals surface area contributed by atoms with Crippen LogP contribution in [0.2, 0.25) is 10.0 Å². The van der Waals surface area contributed by atoms with Crippen LogP contribution in [0.4, 0.5) is 32.8 Å². The van der Waals surface area contributed by atoms with Gasteiger partial charge in [-0.1, -0.05) is 34.5 Å². The fraction of sp³-hybridized carbons (Fsp3) is 0.333. The molecule has 0 bridgehead atoms. The van der Waals surface area contributed by atoms with Crippen molar-refractivity contribution in [1.82, 2.24) is 9.88 Å². The highest BCUT2D eigenvalue weighted by Gasteiger charge is 2.27. The van der Waals surface area contributed by atoms with Crippen molar-refractivity contribution in [2.24, 2.45) is 0 Å². The van der Waals surface area contributed by atoms with Crippen LogP contribution in [0.15, 0.2) is 36.4 Å². The number of carbonyl (C=O) groups is 3. The lowest BCUT2D eigenvalue weighted by atomic mass is 10.1. The molecule has 10 nitrogen and oxygen atoms in total. The summed E-state index contributed by atoms with van der Waals surface area (Å²) in [7, 11) is 0. The molecule has 3 aromatic rings. The van der Waals surface area contributed by atoms with Crippen molar-refractivity contribution < 1.29 is 19.1 Å². The number of amides is 2. The molecule has 2 heterocycles.